The summed E-state index contributed by atoms with van der Waals surface area (Å²) in [5.74, 6) is 0.244. The molecule has 7 nitrogen and oxygen atoms in total. The Kier molecular flexibility index (Phi) is 5.18. The van der Waals surface area contributed by atoms with Crippen LogP contribution < -0.4 is 10.1 Å². The monoisotopic (exact) mass is 361 g/mol. The van der Waals surface area contributed by atoms with Crippen molar-refractivity contribution in [2.45, 2.75) is 64.3 Å². The molecule has 0 spiro atoms. The number of aromatic nitrogens is 1. The first-order chi connectivity index (χ1) is 12.4. The molecular formula is C19H27N3O4. The molecule has 0 unspecified atom stereocenters. The van der Waals surface area contributed by atoms with Gasteiger partial charge < -0.3 is 19.7 Å². The molecule has 1 aliphatic carbocycles. The third kappa shape index (κ3) is 3.40. The Morgan fingerprint density at radius 1 is 1.35 bits per heavy atom. The fourth-order valence-corrected chi connectivity index (χ4v) is 3.56. The minimum Gasteiger partial charge on any atom is -0.481 e. The zero-order valence-electron chi connectivity index (χ0n) is 15.9. The Labute approximate surface area is 154 Å². The molecule has 0 aromatic carbocycles. The summed E-state index contributed by atoms with van der Waals surface area (Å²) < 4.78 is 10.6. The molecule has 1 N–H and O–H groups in total. The number of pyridine rings is 1. The topological polar surface area (TPSA) is 80.8 Å². The summed E-state index contributed by atoms with van der Waals surface area (Å²) in [5, 5.41) is 2.83. The Morgan fingerprint density at radius 3 is 2.65 bits per heavy atom. The number of methoxy groups -OCH3 is 2. The standard InChI is InChI=1S/C19H27N3O4/c1-19(2,26-4)18(24)20-10-12-9-14-15(21-16(12)25-3)11-22(17(14)23)13-7-5-6-8-13/h9,13H,5-8,10-11H2,1-4H3,(H,20,24). The van der Waals surface area contributed by atoms with Crippen LogP contribution in [0.4, 0.5) is 0 Å². The smallest absolute Gasteiger partial charge is 0.256 e. The minimum absolute atomic E-state index is 0.0341. The van der Waals surface area contributed by atoms with Crippen molar-refractivity contribution in [3.63, 3.8) is 0 Å². The van der Waals surface area contributed by atoms with Crippen molar-refractivity contribution in [2.24, 2.45) is 0 Å². The Bertz CT molecular complexity index is 711. The molecule has 1 aromatic rings. The van der Waals surface area contributed by atoms with E-state index in [0.717, 1.165) is 18.5 Å². The van der Waals surface area contributed by atoms with Crippen LogP contribution in [0.25, 0.3) is 0 Å². The van der Waals surface area contributed by atoms with Gasteiger partial charge in [-0.1, -0.05) is 12.8 Å². The number of nitrogens with one attached hydrogen (secondary N) is 1. The second-order valence-corrected chi connectivity index (χ2v) is 7.42. The van der Waals surface area contributed by atoms with Crippen LogP contribution in [0, 0.1) is 0 Å². The molecule has 2 aliphatic rings. The van der Waals surface area contributed by atoms with E-state index < -0.39 is 5.60 Å². The van der Waals surface area contributed by atoms with E-state index in [-0.39, 0.29) is 18.4 Å². The number of nitrogens with zero attached hydrogens (tertiary/aromatic N) is 2. The molecule has 1 saturated carbocycles. The lowest BCUT2D eigenvalue weighted by atomic mass is 10.1. The van der Waals surface area contributed by atoms with Crippen LogP contribution >= 0.6 is 0 Å². The Balaban J connectivity index is 1.79. The van der Waals surface area contributed by atoms with Crippen LogP contribution in [0.15, 0.2) is 6.07 Å². The second kappa shape index (κ2) is 7.23. The van der Waals surface area contributed by atoms with Gasteiger partial charge in [-0.05, 0) is 32.8 Å². The highest BCUT2D eigenvalue weighted by molar-refractivity contribution is 5.98. The van der Waals surface area contributed by atoms with Crippen molar-refractivity contribution in [1.82, 2.24) is 15.2 Å². The van der Waals surface area contributed by atoms with Gasteiger partial charge in [-0.2, -0.15) is 0 Å². The molecule has 2 heterocycles. The first-order valence-electron chi connectivity index (χ1n) is 9.08. The predicted molar refractivity (Wildman–Crippen MR) is 95.9 cm³/mol. The lowest BCUT2D eigenvalue weighted by Crippen LogP contribution is -2.43. The largest absolute Gasteiger partial charge is 0.481 e. The van der Waals surface area contributed by atoms with Crippen molar-refractivity contribution in [2.75, 3.05) is 14.2 Å². The van der Waals surface area contributed by atoms with E-state index in [1.807, 2.05) is 4.90 Å². The number of hydrogen-bond donors (Lipinski definition) is 1. The summed E-state index contributed by atoms with van der Waals surface area (Å²) in [4.78, 5) is 31.5. The molecule has 0 atom stereocenters. The molecule has 3 rings (SSSR count). The van der Waals surface area contributed by atoms with Gasteiger partial charge in [0, 0.05) is 25.3 Å². The summed E-state index contributed by atoms with van der Waals surface area (Å²) in [6.07, 6.45) is 4.47. The molecule has 7 heteroatoms. The fraction of sp³-hybridized carbons (Fsp3) is 0.632. The fourth-order valence-electron chi connectivity index (χ4n) is 3.56. The lowest BCUT2D eigenvalue weighted by Gasteiger charge is -2.22. The zero-order valence-corrected chi connectivity index (χ0v) is 15.9. The summed E-state index contributed by atoms with van der Waals surface area (Å²) >= 11 is 0. The van der Waals surface area contributed by atoms with E-state index in [1.165, 1.54) is 20.0 Å². The van der Waals surface area contributed by atoms with E-state index in [9.17, 15) is 9.59 Å². The highest BCUT2D eigenvalue weighted by Crippen LogP contribution is 2.33. The van der Waals surface area contributed by atoms with E-state index in [1.54, 1.807) is 27.0 Å². The maximum absolute atomic E-state index is 12.8. The summed E-state index contributed by atoms with van der Waals surface area (Å²) in [6.45, 7) is 4.16. The second-order valence-electron chi connectivity index (χ2n) is 7.42. The Morgan fingerprint density at radius 2 is 2.04 bits per heavy atom. The van der Waals surface area contributed by atoms with Crippen molar-refractivity contribution in [3.05, 3.63) is 22.9 Å². The lowest BCUT2D eigenvalue weighted by molar-refractivity contribution is -0.139. The third-order valence-electron chi connectivity index (χ3n) is 5.41. The van der Waals surface area contributed by atoms with E-state index in [0.29, 0.717) is 29.6 Å². The number of amides is 2. The van der Waals surface area contributed by atoms with Gasteiger partial charge in [0.1, 0.15) is 5.60 Å². The average Bonchev–Trinajstić information content (AvgIpc) is 3.27. The van der Waals surface area contributed by atoms with E-state index >= 15 is 0 Å². The van der Waals surface area contributed by atoms with Gasteiger partial charge in [-0.25, -0.2) is 4.98 Å². The first kappa shape index (κ1) is 18.6. The summed E-state index contributed by atoms with van der Waals surface area (Å²) in [5.41, 5.74) is 1.14. The third-order valence-corrected chi connectivity index (χ3v) is 5.41. The van der Waals surface area contributed by atoms with Gasteiger partial charge in [0.2, 0.25) is 5.88 Å². The highest BCUT2D eigenvalue weighted by Gasteiger charge is 2.36. The molecule has 1 aliphatic heterocycles. The zero-order chi connectivity index (χ0) is 18.9. The maximum atomic E-state index is 12.8. The first-order valence-corrected chi connectivity index (χ1v) is 9.08. The van der Waals surface area contributed by atoms with Gasteiger partial charge in [-0.15, -0.1) is 0 Å². The van der Waals surface area contributed by atoms with Crippen molar-refractivity contribution < 1.29 is 19.1 Å². The van der Waals surface area contributed by atoms with Crippen LogP contribution in [-0.2, 0) is 22.6 Å². The maximum Gasteiger partial charge on any atom is 0.256 e. The quantitative estimate of drug-likeness (QED) is 0.838. The summed E-state index contributed by atoms with van der Waals surface area (Å²) in [6, 6.07) is 2.12. The SMILES string of the molecule is COc1nc2c(cc1CNC(=O)C(C)(C)OC)C(=O)N(C1CCCC1)C2. The molecule has 0 radical (unpaired) electrons. The number of ether oxygens (including phenoxy) is 2. The van der Waals surface area contributed by atoms with E-state index in [4.69, 9.17) is 9.47 Å². The highest BCUT2D eigenvalue weighted by atomic mass is 16.5. The molecule has 142 valence electrons. The van der Waals surface area contributed by atoms with Crippen LogP contribution in [0.3, 0.4) is 0 Å². The molecular weight excluding hydrogens is 334 g/mol. The molecule has 0 bridgehead atoms. The molecule has 1 aromatic heterocycles. The average molecular weight is 361 g/mol. The number of fused-ring (bicyclic) bond motifs is 1. The molecule has 0 saturated heterocycles. The number of rotatable bonds is 6. The van der Waals surface area contributed by atoms with Crippen LogP contribution in [0.2, 0.25) is 0 Å². The van der Waals surface area contributed by atoms with Crippen LogP contribution in [-0.4, -0.2) is 47.6 Å². The van der Waals surface area contributed by atoms with Gasteiger partial charge in [0.05, 0.1) is 24.9 Å². The Hall–Kier alpha value is -2.15. The number of hydrogen-bond acceptors (Lipinski definition) is 5. The van der Waals surface area contributed by atoms with Gasteiger partial charge in [0.25, 0.3) is 11.8 Å². The molecule has 2 amide bonds. The minimum atomic E-state index is -0.924. The van der Waals surface area contributed by atoms with Crippen LogP contribution in [0.5, 0.6) is 5.88 Å². The summed E-state index contributed by atoms with van der Waals surface area (Å²) in [7, 11) is 3.04. The molecule has 1 fully saturated rings. The predicted octanol–water partition coefficient (Wildman–Crippen LogP) is 2.03. The van der Waals surface area contributed by atoms with Gasteiger partial charge in [0.15, 0.2) is 0 Å². The van der Waals surface area contributed by atoms with Crippen molar-refractivity contribution >= 4 is 11.8 Å². The normalized spacial score (nSPS) is 17.5. The van der Waals surface area contributed by atoms with Crippen LogP contribution in [0.1, 0.15) is 61.1 Å². The van der Waals surface area contributed by atoms with Gasteiger partial charge in [-0.3, -0.25) is 9.59 Å². The van der Waals surface area contributed by atoms with Gasteiger partial charge >= 0.3 is 0 Å². The number of carbonyl (C=O) groups excluding carboxylic acids is 2. The van der Waals surface area contributed by atoms with E-state index in [2.05, 4.69) is 10.3 Å². The van der Waals surface area contributed by atoms with Crippen molar-refractivity contribution in [3.8, 4) is 5.88 Å². The number of carbonyl (C=O) groups is 2. The molecule has 26 heavy (non-hydrogen) atoms. The van der Waals surface area contributed by atoms with Crippen molar-refractivity contribution in [1.29, 1.82) is 0 Å².